The highest BCUT2D eigenvalue weighted by molar-refractivity contribution is 6.05. The molecule has 2 N–H and O–H groups in total. The SMILES string of the molecule is COC(=O)C1=C(N)N(c2cccc(C(F)(F)F)c2)C2=C(C(=O)CCC2)C1c1ccc2c(c1)OCO2. The maximum atomic E-state index is 13.5. The molecule has 10 heteroatoms. The Morgan fingerprint density at radius 2 is 1.89 bits per heavy atom. The Balaban J connectivity index is 1.74. The average molecular weight is 486 g/mol. The van der Waals surface area contributed by atoms with E-state index < -0.39 is 23.6 Å². The van der Waals surface area contributed by atoms with Crippen LogP contribution >= 0.6 is 0 Å². The first kappa shape index (κ1) is 22.8. The van der Waals surface area contributed by atoms with E-state index >= 15 is 0 Å². The fraction of sp³-hybridized carbons (Fsp3) is 0.280. The smallest absolute Gasteiger partial charge is 0.416 e. The predicted octanol–water partition coefficient (Wildman–Crippen LogP) is 4.39. The van der Waals surface area contributed by atoms with Gasteiger partial charge in [-0.1, -0.05) is 12.1 Å². The molecule has 3 aliphatic rings. The Morgan fingerprint density at radius 1 is 1.11 bits per heavy atom. The Kier molecular flexibility index (Phi) is 5.46. The first-order valence-corrected chi connectivity index (χ1v) is 10.9. The van der Waals surface area contributed by atoms with Gasteiger partial charge in [0.15, 0.2) is 17.3 Å². The number of halogens is 3. The largest absolute Gasteiger partial charge is 0.466 e. The van der Waals surface area contributed by atoms with E-state index in [0.717, 1.165) is 12.1 Å². The van der Waals surface area contributed by atoms with Gasteiger partial charge in [0.05, 0.1) is 24.2 Å². The minimum atomic E-state index is -4.58. The topological polar surface area (TPSA) is 91.1 Å². The van der Waals surface area contributed by atoms with Gasteiger partial charge in [0.2, 0.25) is 6.79 Å². The molecule has 5 rings (SSSR count). The Bertz CT molecular complexity index is 1300. The molecule has 1 atom stereocenters. The normalized spacial score (nSPS) is 19.7. The minimum absolute atomic E-state index is 0.0298. The lowest BCUT2D eigenvalue weighted by Crippen LogP contribution is -2.41. The van der Waals surface area contributed by atoms with Crippen LogP contribution in [0.15, 0.2) is 65.1 Å². The van der Waals surface area contributed by atoms with Crippen molar-refractivity contribution < 1.29 is 37.0 Å². The molecule has 0 saturated heterocycles. The number of nitrogens with two attached hydrogens (primary N) is 1. The molecular formula is C25H21F3N2O5. The van der Waals surface area contributed by atoms with Gasteiger partial charge in [-0.2, -0.15) is 13.2 Å². The van der Waals surface area contributed by atoms with Crippen LogP contribution in [0.3, 0.4) is 0 Å². The molecule has 0 radical (unpaired) electrons. The average Bonchev–Trinajstić information content (AvgIpc) is 3.30. The molecule has 35 heavy (non-hydrogen) atoms. The van der Waals surface area contributed by atoms with Crippen LogP contribution in [0, 0.1) is 0 Å². The van der Waals surface area contributed by atoms with E-state index in [1.165, 1.54) is 24.1 Å². The van der Waals surface area contributed by atoms with Gasteiger partial charge in [0.25, 0.3) is 0 Å². The standard InChI is InChI=1S/C25H21F3N2O5/c1-33-24(32)22-20(13-8-9-18-19(10-13)35-12-34-18)21-16(6-3-7-17(21)31)30(23(22)29)15-5-2-4-14(11-15)25(26,27)28/h2,4-5,8-11,20H,3,6-7,12,29H2,1H3. The van der Waals surface area contributed by atoms with Gasteiger partial charge >= 0.3 is 12.1 Å². The Labute approximate surface area is 198 Å². The molecule has 0 spiro atoms. The zero-order chi connectivity index (χ0) is 24.9. The van der Waals surface area contributed by atoms with Gasteiger partial charge in [0.1, 0.15) is 5.82 Å². The number of hydrogen-bond acceptors (Lipinski definition) is 7. The summed E-state index contributed by atoms with van der Waals surface area (Å²) >= 11 is 0. The van der Waals surface area contributed by atoms with Crippen molar-refractivity contribution in [3.63, 3.8) is 0 Å². The van der Waals surface area contributed by atoms with Crippen molar-refractivity contribution in [2.45, 2.75) is 31.4 Å². The number of ether oxygens (including phenoxy) is 3. The van der Waals surface area contributed by atoms with Gasteiger partial charge in [0, 0.05) is 23.4 Å². The van der Waals surface area contributed by atoms with Crippen LogP contribution in [0.2, 0.25) is 0 Å². The van der Waals surface area contributed by atoms with Crippen molar-refractivity contribution in [2.24, 2.45) is 5.73 Å². The highest BCUT2D eigenvalue weighted by Crippen LogP contribution is 2.48. The van der Waals surface area contributed by atoms with Crippen LogP contribution in [0.1, 0.15) is 36.3 Å². The number of anilines is 1. The van der Waals surface area contributed by atoms with Crippen LogP contribution in [0.25, 0.3) is 0 Å². The number of carbonyl (C=O) groups is 2. The van der Waals surface area contributed by atoms with E-state index in [0.29, 0.717) is 41.2 Å². The van der Waals surface area contributed by atoms with Crippen molar-refractivity contribution in [3.05, 3.63) is 76.3 Å². The number of nitrogens with zero attached hydrogens (tertiary/aromatic N) is 1. The van der Waals surface area contributed by atoms with Crippen molar-refractivity contribution in [3.8, 4) is 11.5 Å². The summed E-state index contributed by atoms with van der Waals surface area (Å²) in [6.45, 7) is 0.0431. The number of allylic oxidation sites excluding steroid dienone is 2. The number of fused-ring (bicyclic) bond motifs is 1. The monoisotopic (exact) mass is 486 g/mol. The second-order valence-electron chi connectivity index (χ2n) is 8.36. The van der Waals surface area contributed by atoms with Crippen LogP contribution in [-0.2, 0) is 20.5 Å². The molecule has 0 aromatic heterocycles. The summed E-state index contributed by atoms with van der Waals surface area (Å²) in [6, 6.07) is 9.68. The first-order valence-electron chi connectivity index (χ1n) is 10.9. The maximum absolute atomic E-state index is 13.5. The Morgan fingerprint density at radius 3 is 2.63 bits per heavy atom. The zero-order valence-corrected chi connectivity index (χ0v) is 18.6. The summed E-state index contributed by atoms with van der Waals surface area (Å²) in [5.74, 6) is -0.979. The van der Waals surface area contributed by atoms with Gasteiger partial charge in [-0.25, -0.2) is 4.79 Å². The summed E-state index contributed by atoms with van der Waals surface area (Å²) in [6.07, 6.45) is -3.44. The number of rotatable bonds is 3. The lowest BCUT2D eigenvalue weighted by atomic mass is 9.75. The van der Waals surface area contributed by atoms with E-state index in [9.17, 15) is 22.8 Å². The second-order valence-corrected chi connectivity index (χ2v) is 8.36. The van der Waals surface area contributed by atoms with Crippen LogP contribution in [0.5, 0.6) is 11.5 Å². The van der Waals surface area contributed by atoms with Crippen molar-refractivity contribution >= 4 is 17.4 Å². The highest BCUT2D eigenvalue weighted by atomic mass is 19.4. The number of carbonyl (C=O) groups excluding carboxylic acids is 2. The van der Waals surface area contributed by atoms with Crippen LogP contribution in [-0.4, -0.2) is 25.7 Å². The number of methoxy groups -OCH3 is 1. The van der Waals surface area contributed by atoms with Gasteiger partial charge in [-0.3, -0.25) is 9.69 Å². The van der Waals surface area contributed by atoms with E-state index in [2.05, 4.69) is 0 Å². The van der Waals surface area contributed by atoms with E-state index in [1.54, 1.807) is 18.2 Å². The highest BCUT2D eigenvalue weighted by Gasteiger charge is 2.43. The molecule has 1 unspecified atom stereocenters. The molecule has 2 aromatic carbocycles. The number of ketones is 1. The fourth-order valence-corrected chi connectivity index (χ4v) is 4.84. The van der Waals surface area contributed by atoms with Crippen LogP contribution in [0.4, 0.5) is 18.9 Å². The molecule has 2 aliphatic heterocycles. The first-order chi connectivity index (χ1) is 16.7. The minimum Gasteiger partial charge on any atom is -0.466 e. The molecule has 0 bridgehead atoms. The van der Waals surface area contributed by atoms with Gasteiger partial charge < -0.3 is 19.9 Å². The summed E-state index contributed by atoms with van der Waals surface area (Å²) in [5.41, 5.74) is 7.04. The third kappa shape index (κ3) is 3.78. The van der Waals surface area contributed by atoms with Crippen LogP contribution < -0.4 is 20.1 Å². The van der Waals surface area contributed by atoms with Crippen molar-refractivity contribution in [1.29, 1.82) is 0 Å². The molecule has 2 aromatic rings. The zero-order valence-electron chi connectivity index (χ0n) is 18.6. The number of Topliss-reactive ketones (excluding diaryl/α,β-unsaturated/α-hetero) is 1. The lowest BCUT2D eigenvalue weighted by Gasteiger charge is -2.40. The Hall–Kier alpha value is -3.95. The summed E-state index contributed by atoms with van der Waals surface area (Å²) in [7, 11) is 1.18. The second kappa shape index (κ2) is 8.37. The third-order valence-corrected chi connectivity index (χ3v) is 6.36. The summed E-state index contributed by atoms with van der Waals surface area (Å²) in [5, 5.41) is 0. The quantitative estimate of drug-likeness (QED) is 0.644. The van der Waals surface area contributed by atoms with Crippen molar-refractivity contribution in [2.75, 3.05) is 18.8 Å². The predicted molar refractivity (Wildman–Crippen MR) is 118 cm³/mol. The molecule has 1 aliphatic carbocycles. The number of hydrogen-bond donors (Lipinski definition) is 1. The molecular weight excluding hydrogens is 465 g/mol. The molecule has 0 amide bonds. The van der Waals surface area contributed by atoms with E-state index in [4.69, 9.17) is 19.9 Å². The third-order valence-electron chi connectivity index (χ3n) is 6.36. The molecule has 2 heterocycles. The molecule has 0 saturated carbocycles. The summed E-state index contributed by atoms with van der Waals surface area (Å²) < 4.78 is 56.2. The number of benzene rings is 2. The molecule has 182 valence electrons. The lowest BCUT2D eigenvalue weighted by molar-refractivity contribution is -0.138. The van der Waals surface area contributed by atoms with Crippen molar-refractivity contribution in [1.82, 2.24) is 0 Å². The summed E-state index contributed by atoms with van der Waals surface area (Å²) in [4.78, 5) is 27.7. The van der Waals surface area contributed by atoms with E-state index in [-0.39, 0.29) is 36.1 Å². The number of esters is 1. The maximum Gasteiger partial charge on any atom is 0.416 e. The molecule has 0 fully saturated rings. The number of alkyl halides is 3. The van der Waals surface area contributed by atoms with Gasteiger partial charge in [-0.05, 0) is 48.7 Å². The molecule has 7 nitrogen and oxygen atoms in total. The fourth-order valence-electron chi connectivity index (χ4n) is 4.84. The van der Waals surface area contributed by atoms with Gasteiger partial charge in [-0.15, -0.1) is 0 Å². The van der Waals surface area contributed by atoms with E-state index in [1.807, 2.05) is 0 Å².